The topological polar surface area (TPSA) is 107 Å². The van der Waals surface area contributed by atoms with Gasteiger partial charge in [-0.3, -0.25) is 4.79 Å². The lowest BCUT2D eigenvalue weighted by Gasteiger charge is -2.26. The molecular formula is C14H26N2O5. The smallest absolute Gasteiger partial charge is 0.326 e. The molecule has 0 saturated carbocycles. The minimum absolute atomic E-state index is 0.105. The van der Waals surface area contributed by atoms with E-state index in [-0.39, 0.29) is 19.3 Å². The van der Waals surface area contributed by atoms with E-state index in [9.17, 15) is 14.4 Å². The number of carboxylic acid groups (broad SMARTS) is 2. The SMILES string of the molecule is CCC(C)CN(CC)C(=O)N[C@H](CCCC(=O)O)C(=O)O. The van der Waals surface area contributed by atoms with Crippen molar-refractivity contribution < 1.29 is 24.6 Å². The molecule has 0 aliphatic carbocycles. The van der Waals surface area contributed by atoms with Crippen LogP contribution in [0.1, 0.15) is 46.5 Å². The molecule has 3 N–H and O–H groups in total. The van der Waals surface area contributed by atoms with Crippen molar-refractivity contribution in [1.29, 1.82) is 0 Å². The molecule has 0 bridgehead atoms. The van der Waals surface area contributed by atoms with Crippen LogP contribution in [0.5, 0.6) is 0 Å². The molecular weight excluding hydrogens is 276 g/mol. The quantitative estimate of drug-likeness (QED) is 0.570. The number of carbonyl (C=O) groups is 3. The van der Waals surface area contributed by atoms with E-state index in [1.807, 2.05) is 20.8 Å². The summed E-state index contributed by atoms with van der Waals surface area (Å²) in [6, 6.07) is -1.47. The summed E-state index contributed by atoms with van der Waals surface area (Å²) >= 11 is 0. The van der Waals surface area contributed by atoms with Gasteiger partial charge in [-0.2, -0.15) is 0 Å². The minimum atomic E-state index is -1.15. The van der Waals surface area contributed by atoms with E-state index in [1.54, 1.807) is 4.90 Å². The standard InChI is InChI=1S/C14H26N2O5/c1-4-10(3)9-16(5-2)14(21)15-11(13(19)20)7-6-8-12(17)18/h10-11H,4-9H2,1-3H3,(H,15,21)(H,17,18)(H,19,20)/t10?,11-/m1/s1. The summed E-state index contributed by atoms with van der Waals surface area (Å²) < 4.78 is 0. The number of carbonyl (C=O) groups excluding carboxylic acids is 1. The van der Waals surface area contributed by atoms with Gasteiger partial charge in [-0.25, -0.2) is 9.59 Å². The van der Waals surface area contributed by atoms with Crippen molar-refractivity contribution in [3.63, 3.8) is 0 Å². The maximum atomic E-state index is 12.1. The third-order valence-electron chi connectivity index (χ3n) is 3.38. The second-order valence-electron chi connectivity index (χ2n) is 5.18. The first-order valence-electron chi connectivity index (χ1n) is 7.31. The van der Waals surface area contributed by atoms with Crippen LogP contribution in [-0.4, -0.2) is 52.2 Å². The summed E-state index contributed by atoms with van der Waals surface area (Å²) in [4.78, 5) is 35.2. The number of nitrogens with one attached hydrogen (secondary N) is 1. The molecule has 1 unspecified atom stereocenters. The van der Waals surface area contributed by atoms with Crippen molar-refractivity contribution in [2.45, 2.75) is 52.5 Å². The van der Waals surface area contributed by atoms with Gasteiger partial charge in [-0.15, -0.1) is 0 Å². The molecule has 0 saturated heterocycles. The van der Waals surface area contributed by atoms with Gasteiger partial charge in [0.05, 0.1) is 0 Å². The number of urea groups is 1. The minimum Gasteiger partial charge on any atom is -0.481 e. The average Bonchev–Trinajstić information content (AvgIpc) is 2.42. The Hall–Kier alpha value is -1.79. The number of hydrogen-bond acceptors (Lipinski definition) is 3. The number of amides is 2. The lowest BCUT2D eigenvalue weighted by atomic mass is 10.1. The van der Waals surface area contributed by atoms with Crippen molar-refractivity contribution in [3.8, 4) is 0 Å². The molecule has 2 atom stereocenters. The van der Waals surface area contributed by atoms with Crippen LogP contribution < -0.4 is 5.32 Å². The zero-order valence-corrected chi connectivity index (χ0v) is 13.0. The normalized spacial score (nSPS) is 13.3. The van der Waals surface area contributed by atoms with Crippen LogP contribution in [0.25, 0.3) is 0 Å². The van der Waals surface area contributed by atoms with Gasteiger partial charge in [-0.1, -0.05) is 20.3 Å². The molecule has 0 radical (unpaired) electrons. The van der Waals surface area contributed by atoms with Crippen LogP contribution in [0.2, 0.25) is 0 Å². The lowest BCUT2D eigenvalue weighted by Crippen LogP contribution is -2.49. The van der Waals surface area contributed by atoms with E-state index < -0.39 is 24.0 Å². The van der Waals surface area contributed by atoms with Gasteiger partial charge < -0.3 is 20.4 Å². The Labute approximate surface area is 125 Å². The molecule has 0 aliphatic rings. The monoisotopic (exact) mass is 302 g/mol. The van der Waals surface area contributed by atoms with E-state index in [2.05, 4.69) is 5.32 Å². The van der Waals surface area contributed by atoms with Crippen molar-refractivity contribution in [3.05, 3.63) is 0 Å². The summed E-state index contributed by atoms with van der Waals surface area (Å²) in [5.74, 6) is -1.78. The molecule has 0 fully saturated rings. The van der Waals surface area contributed by atoms with Gasteiger partial charge in [0, 0.05) is 19.5 Å². The van der Waals surface area contributed by atoms with Gasteiger partial charge >= 0.3 is 18.0 Å². The first-order chi connectivity index (χ1) is 9.81. The Bertz CT molecular complexity index is 359. The summed E-state index contributed by atoms with van der Waals surface area (Å²) in [5, 5.41) is 20.1. The molecule has 0 aromatic rings. The zero-order valence-electron chi connectivity index (χ0n) is 13.0. The highest BCUT2D eigenvalue weighted by molar-refractivity contribution is 5.82. The molecule has 0 aromatic heterocycles. The summed E-state index contributed by atoms with van der Waals surface area (Å²) in [7, 11) is 0. The molecule has 21 heavy (non-hydrogen) atoms. The fraction of sp³-hybridized carbons (Fsp3) is 0.786. The highest BCUT2D eigenvalue weighted by atomic mass is 16.4. The highest BCUT2D eigenvalue weighted by Crippen LogP contribution is 2.06. The molecule has 122 valence electrons. The molecule has 0 aromatic carbocycles. The molecule has 0 rings (SSSR count). The Balaban J connectivity index is 4.49. The predicted molar refractivity (Wildman–Crippen MR) is 78.1 cm³/mol. The third kappa shape index (κ3) is 8.16. The largest absolute Gasteiger partial charge is 0.481 e. The maximum absolute atomic E-state index is 12.1. The van der Waals surface area contributed by atoms with Crippen LogP contribution in [0.3, 0.4) is 0 Å². The second kappa shape index (κ2) is 10.0. The molecule has 0 spiro atoms. The predicted octanol–water partition coefficient (Wildman–Crippen LogP) is 1.77. The van der Waals surface area contributed by atoms with E-state index in [0.29, 0.717) is 19.0 Å². The molecule has 2 amide bonds. The molecule has 7 heteroatoms. The second-order valence-corrected chi connectivity index (χ2v) is 5.18. The summed E-state index contributed by atoms with van der Waals surface area (Å²) in [5.41, 5.74) is 0. The maximum Gasteiger partial charge on any atom is 0.326 e. The van der Waals surface area contributed by atoms with Gasteiger partial charge in [0.2, 0.25) is 0 Å². The Morgan fingerprint density at radius 3 is 2.24 bits per heavy atom. The third-order valence-corrected chi connectivity index (χ3v) is 3.38. The van der Waals surface area contributed by atoms with Crippen LogP contribution in [0.4, 0.5) is 4.79 Å². The highest BCUT2D eigenvalue weighted by Gasteiger charge is 2.23. The first-order valence-corrected chi connectivity index (χ1v) is 7.31. The van der Waals surface area contributed by atoms with E-state index in [1.165, 1.54) is 0 Å². The number of carboxylic acids is 2. The number of nitrogens with zero attached hydrogens (tertiary/aromatic N) is 1. The van der Waals surface area contributed by atoms with Crippen molar-refractivity contribution in [2.24, 2.45) is 5.92 Å². The summed E-state index contributed by atoms with van der Waals surface area (Å²) in [6.45, 7) is 6.96. The van der Waals surface area contributed by atoms with Crippen LogP contribution in [0, 0.1) is 5.92 Å². The van der Waals surface area contributed by atoms with Gasteiger partial charge in [0.25, 0.3) is 0 Å². The van der Waals surface area contributed by atoms with Gasteiger partial charge in [0.1, 0.15) is 6.04 Å². The van der Waals surface area contributed by atoms with Crippen molar-refractivity contribution in [1.82, 2.24) is 10.2 Å². The molecule has 0 aliphatic heterocycles. The van der Waals surface area contributed by atoms with Gasteiger partial charge in [0.15, 0.2) is 0 Å². The fourth-order valence-electron chi connectivity index (χ4n) is 1.82. The van der Waals surface area contributed by atoms with Crippen molar-refractivity contribution >= 4 is 18.0 Å². The Morgan fingerprint density at radius 1 is 1.19 bits per heavy atom. The molecule has 7 nitrogen and oxygen atoms in total. The number of hydrogen-bond donors (Lipinski definition) is 3. The van der Waals surface area contributed by atoms with Crippen LogP contribution in [0.15, 0.2) is 0 Å². The number of aliphatic carboxylic acids is 2. The first kappa shape index (κ1) is 19.2. The molecule has 0 heterocycles. The lowest BCUT2D eigenvalue weighted by molar-refractivity contribution is -0.140. The van der Waals surface area contributed by atoms with Crippen LogP contribution >= 0.6 is 0 Å². The van der Waals surface area contributed by atoms with E-state index in [4.69, 9.17) is 10.2 Å². The zero-order chi connectivity index (χ0) is 16.4. The Kier molecular flexibility index (Phi) is 9.16. The average molecular weight is 302 g/mol. The van der Waals surface area contributed by atoms with Crippen molar-refractivity contribution in [2.75, 3.05) is 13.1 Å². The number of rotatable bonds is 10. The van der Waals surface area contributed by atoms with E-state index >= 15 is 0 Å². The van der Waals surface area contributed by atoms with Crippen LogP contribution in [-0.2, 0) is 9.59 Å². The Morgan fingerprint density at radius 2 is 1.81 bits per heavy atom. The van der Waals surface area contributed by atoms with E-state index in [0.717, 1.165) is 6.42 Å². The fourth-order valence-corrected chi connectivity index (χ4v) is 1.82. The summed E-state index contributed by atoms with van der Waals surface area (Å²) in [6.07, 6.45) is 1.15. The van der Waals surface area contributed by atoms with Gasteiger partial charge in [-0.05, 0) is 25.7 Å².